The van der Waals surface area contributed by atoms with Crippen molar-refractivity contribution in [3.8, 4) is 11.3 Å². The first kappa shape index (κ1) is 16.0. The summed E-state index contributed by atoms with van der Waals surface area (Å²) in [5.74, 6) is -0.155. The summed E-state index contributed by atoms with van der Waals surface area (Å²) >= 11 is 0. The Labute approximate surface area is 151 Å². The van der Waals surface area contributed by atoms with Crippen molar-refractivity contribution in [3.63, 3.8) is 0 Å². The number of carbonyl (C=O) groups is 1. The van der Waals surface area contributed by atoms with Crippen molar-refractivity contribution < 1.29 is 4.79 Å². The number of fused-ring (bicyclic) bond motifs is 1. The molecule has 0 fully saturated rings. The minimum absolute atomic E-state index is 0.155. The number of rotatable bonds is 3. The van der Waals surface area contributed by atoms with Crippen LogP contribution in [0.2, 0.25) is 0 Å². The third kappa shape index (κ3) is 2.95. The van der Waals surface area contributed by atoms with E-state index in [4.69, 9.17) is 4.98 Å². The molecule has 0 aliphatic rings. The first-order valence-corrected chi connectivity index (χ1v) is 8.38. The summed E-state index contributed by atoms with van der Waals surface area (Å²) in [5, 5.41) is 8.17. The Bertz CT molecular complexity index is 1100. The molecule has 2 aromatic heterocycles. The average Bonchev–Trinajstić information content (AvgIpc) is 2.99. The van der Waals surface area contributed by atoms with Crippen LogP contribution >= 0.6 is 0 Å². The van der Waals surface area contributed by atoms with E-state index in [0.717, 1.165) is 33.5 Å². The van der Waals surface area contributed by atoms with Gasteiger partial charge in [-0.3, -0.25) is 9.48 Å². The van der Waals surface area contributed by atoms with Crippen molar-refractivity contribution in [1.82, 2.24) is 14.8 Å². The molecule has 5 nitrogen and oxygen atoms in total. The molecule has 4 aromatic rings. The lowest BCUT2D eigenvalue weighted by molar-refractivity contribution is 0.102. The van der Waals surface area contributed by atoms with E-state index in [-0.39, 0.29) is 5.91 Å². The predicted octanol–water partition coefficient (Wildman–Crippen LogP) is 4.20. The topological polar surface area (TPSA) is 59.8 Å². The summed E-state index contributed by atoms with van der Waals surface area (Å²) in [6, 6.07) is 19.0. The van der Waals surface area contributed by atoms with Gasteiger partial charge < -0.3 is 5.32 Å². The molecule has 2 aromatic carbocycles. The van der Waals surface area contributed by atoms with Crippen molar-refractivity contribution >= 4 is 22.5 Å². The van der Waals surface area contributed by atoms with Gasteiger partial charge in [0.1, 0.15) is 0 Å². The van der Waals surface area contributed by atoms with Crippen molar-refractivity contribution in [1.29, 1.82) is 0 Å². The van der Waals surface area contributed by atoms with Crippen LogP contribution in [0.25, 0.3) is 22.2 Å². The van der Waals surface area contributed by atoms with Crippen molar-refractivity contribution in [2.75, 3.05) is 5.32 Å². The van der Waals surface area contributed by atoms with E-state index >= 15 is 0 Å². The molecule has 0 saturated carbocycles. The van der Waals surface area contributed by atoms with Gasteiger partial charge in [0.25, 0.3) is 5.91 Å². The zero-order chi connectivity index (χ0) is 18.1. The molecule has 2 heterocycles. The predicted molar refractivity (Wildman–Crippen MR) is 103 cm³/mol. The molecule has 4 rings (SSSR count). The van der Waals surface area contributed by atoms with Crippen LogP contribution in [0.3, 0.4) is 0 Å². The minimum Gasteiger partial charge on any atom is -0.322 e. The standard InChI is InChI=1S/C21H18N4O/c1-14-18(13-25(2)24-14)20-12-17(16-10-6-7-11-19(16)23-20)21(26)22-15-8-4-3-5-9-15/h3-13H,1-2H3,(H,22,26). The lowest BCUT2D eigenvalue weighted by Crippen LogP contribution is -2.13. The number of pyridine rings is 1. The van der Waals surface area contributed by atoms with Gasteiger partial charge >= 0.3 is 0 Å². The molecule has 1 amide bonds. The molecule has 0 radical (unpaired) electrons. The molecule has 26 heavy (non-hydrogen) atoms. The van der Waals surface area contributed by atoms with E-state index in [1.165, 1.54) is 0 Å². The normalized spacial score (nSPS) is 10.8. The van der Waals surface area contributed by atoms with Crippen LogP contribution in [-0.2, 0) is 7.05 Å². The van der Waals surface area contributed by atoms with E-state index in [0.29, 0.717) is 5.56 Å². The van der Waals surface area contributed by atoms with Crippen molar-refractivity contribution in [3.05, 3.63) is 78.1 Å². The van der Waals surface area contributed by atoms with E-state index in [9.17, 15) is 4.79 Å². The number of hydrogen-bond donors (Lipinski definition) is 1. The average molecular weight is 342 g/mol. The quantitative estimate of drug-likeness (QED) is 0.607. The zero-order valence-electron chi connectivity index (χ0n) is 14.6. The number of amides is 1. The summed E-state index contributed by atoms with van der Waals surface area (Å²) < 4.78 is 1.76. The number of para-hydroxylation sites is 2. The maximum absolute atomic E-state index is 12.9. The van der Waals surface area contributed by atoms with Crippen molar-refractivity contribution in [2.45, 2.75) is 6.92 Å². The fourth-order valence-electron chi connectivity index (χ4n) is 3.07. The van der Waals surface area contributed by atoms with E-state index in [2.05, 4.69) is 10.4 Å². The van der Waals surface area contributed by atoms with Gasteiger partial charge in [-0.15, -0.1) is 0 Å². The van der Waals surface area contributed by atoms with Gasteiger partial charge in [0.15, 0.2) is 0 Å². The monoisotopic (exact) mass is 342 g/mol. The molecular formula is C21H18N4O. The molecule has 0 atom stereocenters. The van der Waals surface area contributed by atoms with Crippen LogP contribution in [0, 0.1) is 6.92 Å². The first-order chi connectivity index (χ1) is 12.6. The van der Waals surface area contributed by atoms with Gasteiger partial charge in [-0.2, -0.15) is 5.10 Å². The van der Waals surface area contributed by atoms with Crippen LogP contribution in [0.1, 0.15) is 16.1 Å². The maximum atomic E-state index is 12.9. The molecule has 1 N–H and O–H groups in total. The number of benzene rings is 2. The maximum Gasteiger partial charge on any atom is 0.256 e. The molecule has 0 aliphatic heterocycles. The number of anilines is 1. The fraction of sp³-hybridized carbons (Fsp3) is 0.0952. The highest BCUT2D eigenvalue weighted by Gasteiger charge is 2.16. The van der Waals surface area contributed by atoms with Crippen LogP contribution in [-0.4, -0.2) is 20.7 Å². The SMILES string of the molecule is Cc1nn(C)cc1-c1cc(C(=O)Nc2ccccc2)c2ccccc2n1. The van der Waals surface area contributed by atoms with E-state index < -0.39 is 0 Å². The second kappa shape index (κ2) is 6.44. The van der Waals surface area contributed by atoms with E-state index in [1.807, 2.05) is 80.8 Å². The second-order valence-corrected chi connectivity index (χ2v) is 6.19. The Morgan fingerprint density at radius 2 is 1.77 bits per heavy atom. The third-order valence-electron chi connectivity index (χ3n) is 4.28. The highest BCUT2D eigenvalue weighted by atomic mass is 16.1. The molecule has 5 heteroatoms. The van der Waals surface area contributed by atoms with Crippen LogP contribution in [0.15, 0.2) is 66.9 Å². The Morgan fingerprint density at radius 3 is 2.50 bits per heavy atom. The van der Waals surface area contributed by atoms with Crippen LogP contribution in [0.5, 0.6) is 0 Å². The molecule has 128 valence electrons. The Kier molecular flexibility index (Phi) is 3.97. The summed E-state index contributed by atoms with van der Waals surface area (Å²) in [7, 11) is 1.88. The van der Waals surface area contributed by atoms with E-state index in [1.54, 1.807) is 4.68 Å². The number of aromatic nitrogens is 3. The molecule has 0 spiro atoms. The molecule has 0 bridgehead atoms. The van der Waals surface area contributed by atoms with Crippen LogP contribution < -0.4 is 5.32 Å². The minimum atomic E-state index is -0.155. The molecular weight excluding hydrogens is 324 g/mol. The number of carbonyl (C=O) groups excluding carboxylic acids is 1. The highest BCUT2D eigenvalue weighted by Crippen LogP contribution is 2.27. The largest absolute Gasteiger partial charge is 0.322 e. The number of nitrogens with one attached hydrogen (secondary N) is 1. The van der Waals surface area contributed by atoms with Crippen LogP contribution in [0.4, 0.5) is 5.69 Å². The lowest BCUT2D eigenvalue weighted by atomic mass is 10.0. The third-order valence-corrected chi connectivity index (χ3v) is 4.28. The second-order valence-electron chi connectivity index (χ2n) is 6.19. The first-order valence-electron chi connectivity index (χ1n) is 8.38. The summed E-state index contributed by atoms with van der Waals surface area (Å²) in [6.07, 6.45) is 1.92. The molecule has 0 aliphatic carbocycles. The Hall–Kier alpha value is -3.47. The highest BCUT2D eigenvalue weighted by molar-refractivity contribution is 6.13. The molecule has 0 saturated heterocycles. The Balaban J connectivity index is 1.85. The van der Waals surface area contributed by atoms with Gasteiger partial charge in [0, 0.05) is 29.9 Å². The zero-order valence-corrected chi connectivity index (χ0v) is 14.6. The van der Waals surface area contributed by atoms with Gasteiger partial charge in [0.05, 0.1) is 22.5 Å². The fourth-order valence-corrected chi connectivity index (χ4v) is 3.07. The Morgan fingerprint density at radius 1 is 1.04 bits per heavy atom. The van der Waals surface area contributed by atoms with Gasteiger partial charge in [-0.05, 0) is 31.2 Å². The van der Waals surface area contributed by atoms with Gasteiger partial charge in [-0.25, -0.2) is 4.98 Å². The van der Waals surface area contributed by atoms with Gasteiger partial charge in [0.2, 0.25) is 0 Å². The summed E-state index contributed by atoms with van der Waals surface area (Å²) in [5.41, 5.74) is 4.69. The number of aryl methyl sites for hydroxylation is 2. The molecule has 0 unspecified atom stereocenters. The van der Waals surface area contributed by atoms with Crippen molar-refractivity contribution in [2.24, 2.45) is 7.05 Å². The summed E-state index contributed by atoms with van der Waals surface area (Å²) in [4.78, 5) is 17.7. The van der Waals surface area contributed by atoms with Gasteiger partial charge in [-0.1, -0.05) is 36.4 Å². The number of hydrogen-bond acceptors (Lipinski definition) is 3. The lowest BCUT2D eigenvalue weighted by Gasteiger charge is -2.10. The summed E-state index contributed by atoms with van der Waals surface area (Å²) in [6.45, 7) is 1.94. The smallest absolute Gasteiger partial charge is 0.256 e. The number of nitrogens with zero attached hydrogens (tertiary/aromatic N) is 3.